The van der Waals surface area contributed by atoms with Gasteiger partial charge in [-0.1, -0.05) is 42.5 Å². The number of likely N-dealkylation sites (N-methyl/N-ethyl adjacent to an activating group) is 1. The van der Waals surface area contributed by atoms with Gasteiger partial charge in [-0.2, -0.15) is 37.0 Å². The Bertz CT molecular complexity index is 1830. The van der Waals surface area contributed by atoms with Gasteiger partial charge < -0.3 is 29.0 Å². The Kier molecular flexibility index (Phi) is 12.6. The average Bonchev–Trinajstić information content (AvgIpc) is 3.48. The highest BCUT2D eigenvalue weighted by molar-refractivity contribution is 7.59. The normalized spacial score (nSPS) is 18.1. The largest absolute Gasteiger partial charge is 0.462 e. The number of amides is 1. The number of nitrogens with zero attached hydrogens (tertiary/aromatic N) is 7. The van der Waals surface area contributed by atoms with Crippen molar-refractivity contribution >= 4 is 60.4 Å². The molecule has 2 fully saturated rings. The first-order valence-electron chi connectivity index (χ1n) is 15.6. The molecule has 2 aromatic heterocycles. The van der Waals surface area contributed by atoms with Crippen LogP contribution in [0.15, 0.2) is 54.7 Å². The van der Waals surface area contributed by atoms with Gasteiger partial charge in [0.1, 0.15) is 29.7 Å². The molecule has 2 aliphatic rings. The van der Waals surface area contributed by atoms with Gasteiger partial charge in [-0.25, -0.2) is 11.0 Å². The summed E-state index contributed by atoms with van der Waals surface area (Å²) in [4.78, 5) is 36.6. The number of benzene rings is 2. The number of pyridine rings is 1. The molecule has 4 heterocycles. The first-order valence-corrected chi connectivity index (χ1v) is 15.6. The van der Waals surface area contributed by atoms with Crippen molar-refractivity contribution in [1.82, 2.24) is 24.8 Å². The highest BCUT2D eigenvalue weighted by atomic mass is 32.1. The van der Waals surface area contributed by atoms with E-state index in [-0.39, 0.29) is 68.7 Å². The molecule has 254 valence electrons. The number of carbonyl (C=O) groups excluding carboxylic acids is 1. The highest BCUT2D eigenvalue weighted by Crippen LogP contribution is 2.36. The molecule has 0 saturated carbocycles. The molecule has 1 amide bonds. The van der Waals surface area contributed by atoms with Crippen molar-refractivity contribution in [1.29, 1.82) is 0 Å². The minimum absolute atomic E-state index is 0. The van der Waals surface area contributed by atoms with Crippen LogP contribution in [0.2, 0.25) is 0 Å². The fourth-order valence-corrected chi connectivity index (χ4v) is 6.54. The predicted octanol–water partition coefficient (Wildman–Crippen LogP) is 5.13. The topological polar surface area (TPSA) is 88.3 Å². The average molecular weight is 692 g/mol. The summed E-state index contributed by atoms with van der Waals surface area (Å²) in [5.41, 5.74) is 2.05. The Morgan fingerprint density at radius 2 is 1.92 bits per heavy atom. The molecule has 2 saturated heterocycles. The summed E-state index contributed by atoms with van der Waals surface area (Å²) in [7, 11) is 3.63. The third-order valence-corrected chi connectivity index (χ3v) is 8.98. The number of aryl methyl sites for hydroxylation is 1. The van der Waals surface area contributed by atoms with Crippen LogP contribution in [0.5, 0.6) is 6.01 Å². The van der Waals surface area contributed by atoms with E-state index in [1.807, 2.05) is 48.2 Å². The lowest BCUT2D eigenvalue weighted by molar-refractivity contribution is -0.128. The fraction of sp³-hybridized carbons (Fsp3) is 0.400. The van der Waals surface area contributed by atoms with E-state index in [9.17, 15) is 4.79 Å². The lowest BCUT2D eigenvalue weighted by atomic mass is 9.97. The summed E-state index contributed by atoms with van der Waals surface area (Å²) in [6, 6.07) is 11.7. The molecule has 13 heteroatoms. The highest BCUT2D eigenvalue weighted by Gasteiger charge is 2.34. The predicted molar refractivity (Wildman–Crippen MR) is 197 cm³/mol. The van der Waals surface area contributed by atoms with Gasteiger partial charge in [0.2, 0.25) is 12.5 Å². The SMILES string of the molecule is S.S.[C-]#[N+]C[C@H]1CN(c2nc(OC[C@@H]3CCCN3C)nc3c(F)c(-c4cccc5cccc(C)c45)ncc23)CCN1C(=O)/C=C/COC. The Hall–Kier alpha value is -3.96. The molecule has 2 aromatic carbocycles. The molecule has 0 bridgehead atoms. The van der Waals surface area contributed by atoms with Gasteiger partial charge in [0.25, 0.3) is 0 Å². The molecule has 0 aliphatic carbocycles. The van der Waals surface area contributed by atoms with Crippen LogP contribution in [-0.4, -0.2) is 103 Å². The maximum absolute atomic E-state index is 16.7. The number of rotatable bonds is 9. The van der Waals surface area contributed by atoms with Gasteiger partial charge in [-0.05, 0) is 49.7 Å². The van der Waals surface area contributed by atoms with E-state index < -0.39 is 5.82 Å². The summed E-state index contributed by atoms with van der Waals surface area (Å²) in [5.74, 6) is -0.247. The zero-order valence-electron chi connectivity index (χ0n) is 27.4. The molecule has 0 spiro atoms. The number of anilines is 1. The molecule has 6 rings (SSSR count). The summed E-state index contributed by atoms with van der Waals surface area (Å²) in [6.45, 7) is 12.5. The first kappa shape index (κ1) is 36.9. The monoisotopic (exact) mass is 691 g/mol. The van der Waals surface area contributed by atoms with Crippen LogP contribution >= 0.6 is 27.0 Å². The standard InChI is InChI=1S/C35H38FN7O3.2H2S/c1-23-9-5-10-24-11-6-13-27(30(23)24)32-31(36)33-28(20-38-32)34(40-35(39-33)46-22-25-12-7-15-41(25)3)42-16-17-43(26(21-42)19-37-2)29(44)14-8-18-45-4;;/h5-6,8-11,13-14,20,25-26H,7,12,15-19,21-22H2,1,3-4H3;2*1H2/b14-8+;;/t25-,26-;;/m0../s1. The quantitative estimate of drug-likeness (QED) is 0.177. The number of methoxy groups -OCH3 is 1. The minimum Gasteiger partial charge on any atom is -0.462 e. The van der Waals surface area contributed by atoms with Gasteiger partial charge in [0.15, 0.2) is 5.82 Å². The van der Waals surface area contributed by atoms with Crippen LogP contribution in [0.1, 0.15) is 18.4 Å². The fourth-order valence-electron chi connectivity index (χ4n) is 6.54. The van der Waals surface area contributed by atoms with E-state index in [1.54, 1.807) is 24.3 Å². The first-order chi connectivity index (χ1) is 22.4. The van der Waals surface area contributed by atoms with Crippen molar-refractivity contribution in [2.75, 3.05) is 65.0 Å². The second-order valence-corrected chi connectivity index (χ2v) is 11.9. The zero-order valence-corrected chi connectivity index (χ0v) is 29.4. The molecular weight excluding hydrogens is 650 g/mol. The van der Waals surface area contributed by atoms with E-state index in [0.29, 0.717) is 49.6 Å². The molecule has 0 radical (unpaired) electrons. The second-order valence-electron chi connectivity index (χ2n) is 11.9. The molecule has 0 N–H and O–H groups in total. The van der Waals surface area contributed by atoms with Crippen molar-refractivity contribution in [3.8, 4) is 17.3 Å². The summed E-state index contributed by atoms with van der Waals surface area (Å²) in [5, 5.41) is 2.39. The Balaban J connectivity index is 0.00000260. The molecule has 0 unspecified atom stereocenters. The smallest absolute Gasteiger partial charge is 0.319 e. The number of hydrogen-bond acceptors (Lipinski definition) is 8. The van der Waals surface area contributed by atoms with Crippen LogP contribution in [0.3, 0.4) is 0 Å². The van der Waals surface area contributed by atoms with Crippen molar-refractivity contribution in [3.63, 3.8) is 0 Å². The Morgan fingerprint density at radius 3 is 2.65 bits per heavy atom. The maximum atomic E-state index is 16.7. The van der Waals surface area contributed by atoms with Gasteiger partial charge in [-0.15, -0.1) is 0 Å². The van der Waals surface area contributed by atoms with Gasteiger partial charge in [-0.3, -0.25) is 9.78 Å². The molecule has 2 aliphatic heterocycles. The summed E-state index contributed by atoms with van der Waals surface area (Å²) < 4.78 is 27.9. The molecule has 2 atom stereocenters. The van der Waals surface area contributed by atoms with Crippen LogP contribution in [-0.2, 0) is 9.53 Å². The van der Waals surface area contributed by atoms with Crippen molar-refractivity contribution < 1.29 is 18.7 Å². The third kappa shape index (κ3) is 7.52. The number of carbonyl (C=O) groups is 1. The number of ether oxygens (including phenoxy) is 2. The van der Waals surface area contributed by atoms with Crippen LogP contribution < -0.4 is 9.64 Å². The lowest BCUT2D eigenvalue weighted by Crippen LogP contribution is -2.56. The van der Waals surface area contributed by atoms with Crippen LogP contribution in [0.25, 0.3) is 37.8 Å². The van der Waals surface area contributed by atoms with E-state index in [1.165, 1.54) is 6.08 Å². The number of fused-ring (bicyclic) bond motifs is 2. The van der Waals surface area contributed by atoms with E-state index >= 15 is 4.39 Å². The van der Waals surface area contributed by atoms with Crippen molar-refractivity contribution in [2.24, 2.45) is 0 Å². The van der Waals surface area contributed by atoms with E-state index in [2.05, 4.69) is 26.8 Å². The maximum Gasteiger partial charge on any atom is 0.319 e. The van der Waals surface area contributed by atoms with Crippen molar-refractivity contribution in [2.45, 2.75) is 31.8 Å². The molecule has 4 aromatic rings. The van der Waals surface area contributed by atoms with Gasteiger partial charge in [0.05, 0.1) is 12.0 Å². The number of likely N-dealkylation sites (tertiary alicyclic amines) is 1. The Labute approximate surface area is 294 Å². The van der Waals surface area contributed by atoms with E-state index in [4.69, 9.17) is 21.0 Å². The van der Waals surface area contributed by atoms with Crippen LogP contribution in [0, 0.1) is 19.3 Å². The summed E-state index contributed by atoms with van der Waals surface area (Å²) in [6.07, 6.45) is 6.87. The zero-order chi connectivity index (χ0) is 32.2. The Morgan fingerprint density at radius 1 is 1.12 bits per heavy atom. The minimum atomic E-state index is -0.547. The van der Waals surface area contributed by atoms with E-state index in [0.717, 1.165) is 35.7 Å². The van der Waals surface area contributed by atoms with Crippen LogP contribution in [0.4, 0.5) is 10.2 Å². The lowest BCUT2D eigenvalue weighted by Gasteiger charge is -2.39. The number of halogens is 1. The number of hydrogen-bond donors (Lipinski definition) is 0. The third-order valence-electron chi connectivity index (χ3n) is 8.98. The number of aromatic nitrogens is 3. The van der Waals surface area contributed by atoms with Crippen molar-refractivity contribution in [3.05, 3.63) is 77.5 Å². The number of piperazine rings is 1. The summed E-state index contributed by atoms with van der Waals surface area (Å²) >= 11 is 0. The second kappa shape index (κ2) is 16.4. The van der Waals surface area contributed by atoms with Gasteiger partial charge >= 0.3 is 6.01 Å². The molecular formula is C35H42FN7O3S2. The molecule has 10 nitrogen and oxygen atoms in total. The van der Waals surface area contributed by atoms with Gasteiger partial charge in [0, 0.05) is 50.6 Å². The molecule has 48 heavy (non-hydrogen) atoms.